The Labute approximate surface area is 288 Å². The summed E-state index contributed by atoms with van der Waals surface area (Å²) in [5.41, 5.74) is 5.75. The van der Waals surface area contributed by atoms with Gasteiger partial charge in [-0.15, -0.1) is 0 Å². The molecule has 244 valence electrons. The van der Waals surface area contributed by atoms with Gasteiger partial charge in [-0.2, -0.15) is 0 Å². The fourth-order valence-electron chi connectivity index (χ4n) is 6.64. The number of hydrogen-bond acceptors (Lipinski definition) is 6. The highest BCUT2D eigenvalue weighted by atomic mass is 16.5. The lowest BCUT2D eigenvalue weighted by atomic mass is 9.77. The van der Waals surface area contributed by atoms with Gasteiger partial charge in [-0.1, -0.05) is 62.4 Å². The number of anilines is 1. The molecule has 0 amide bonds. The van der Waals surface area contributed by atoms with Crippen LogP contribution in [0.2, 0.25) is 0 Å². The van der Waals surface area contributed by atoms with Crippen molar-refractivity contribution in [1.82, 2.24) is 4.90 Å². The number of hydrogen-bond donors (Lipinski definition) is 0. The molecular weight excluding hydrogens is 608 g/mol. The van der Waals surface area contributed by atoms with Crippen LogP contribution in [0, 0.1) is 12.1 Å². The van der Waals surface area contributed by atoms with E-state index >= 15 is 0 Å². The van der Waals surface area contributed by atoms with Crippen LogP contribution in [-0.4, -0.2) is 24.4 Å². The molecule has 0 aromatic heterocycles. The second kappa shape index (κ2) is 13.1. The highest BCUT2D eigenvalue weighted by molar-refractivity contribution is 5.54. The van der Waals surface area contributed by atoms with E-state index in [0.717, 1.165) is 59.7 Å². The summed E-state index contributed by atoms with van der Waals surface area (Å²) in [6.45, 7) is 7.24. The van der Waals surface area contributed by atoms with E-state index in [-0.39, 0.29) is 11.5 Å². The zero-order valence-corrected chi connectivity index (χ0v) is 27.8. The molecule has 0 N–H and O–H groups in total. The number of rotatable bonds is 8. The third-order valence-electron chi connectivity index (χ3n) is 9.62. The van der Waals surface area contributed by atoms with Crippen LogP contribution in [0.1, 0.15) is 42.5 Å². The van der Waals surface area contributed by atoms with Crippen molar-refractivity contribution in [2.24, 2.45) is 0 Å². The van der Waals surface area contributed by atoms with Crippen LogP contribution in [0.4, 0.5) is 5.69 Å². The summed E-state index contributed by atoms with van der Waals surface area (Å²) in [5, 5.41) is 0. The minimum atomic E-state index is -0.225. The lowest BCUT2D eigenvalue weighted by molar-refractivity contribution is 0.0719. The molecule has 3 aliphatic rings. The molecule has 6 heteroatoms. The Bertz CT molecular complexity index is 1990. The van der Waals surface area contributed by atoms with Gasteiger partial charge in [0.05, 0.1) is 0 Å². The maximum absolute atomic E-state index is 6.26. The number of fused-ring (bicyclic) bond motifs is 2. The zero-order chi connectivity index (χ0) is 33.2. The van der Waals surface area contributed by atoms with Crippen molar-refractivity contribution in [3.05, 3.63) is 168 Å². The second-order valence-electron chi connectivity index (χ2n) is 13.2. The van der Waals surface area contributed by atoms with E-state index < -0.39 is 0 Å². The molecule has 2 heterocycles. The second-order valence-corrected chi connectivity index (χ2v) is 13.2. The lowest BCUT2D eigenvalue weighted by Crippen LogP contribution is -2.40. The standard InChI is InChI=1S/C43H38N2O4/c1-43(2,33-13-23-41-31(25-33)27-44(29-46-41)35-15-19-39(20-16-35)48-37-9-5-3-6-10-37)34-14-24-42-32(26-34)28-45(30-47-42)36-17-21-40(22-18-36)49-38-11-7-4-8-12-38/h3,5-7,9-15,17-26,35H,16,27-30H2,1-2H3. The summed E-state index contributed by atoms with van der Waals surface area (Å²) in [4.78, 5) is 4.62. The Morgan fingerprint density at radius 1 is 0.714 bits per heavy atom. The van der Waals surface area contributed by atoms with Crippen molar-refractivity contribution in [1.29, 1.82) is 0 Å². The number of nitrogens with zero attached hydrogens (tertiary/aromatic N) is 2. The number of ether oxygens (including phenoxy) is 4. The van der Waals surface area contributed by atoms with Crippen LogP contribution >= 0.6 is 0 Å². The summed E-state index contributed by atoms with van der Waals surface area (Å²) in [7, 11) is 0. The van der Waals surface area contributed by atoms with Gasteiger partial charge in [0.25, 0.3) is 0 Å². The fourth-order valence-corrected chi connectivity index (χ4v) is 6.64. The van der Waals surface area contributed by atoms with Gasteiger partial charge < -0.3 is 23.8 Å². The Hall–Kier alpha value is -5.64. The molecule has 2 aliphatic heterocycles. The summed E-state index contributed by atoms with van der Waals surface area (Å²) in [6, 6.07) is 42.9. The van der Waals surface area contributed by atoms with E-state index in [4.69, 9.17) is 18.9 Å². The van der Waals surface area contributed by atoms with E-state index in [0.29, 0.717) is 13.5 Å². The average molecular weight is 647 g/mol. The molecule has 0 saturated carbocycles. The van der Waals surface area contributed by atoms with E-state index in [1.807, 2.05) is 48.5 Å². The molecule has 1 aliphatic carbocycles. The summed E-state index contributed by atoms with van der Waals surface area (Å²) in [5.74, 6) is 5.15. The maximum atomic E-state index is 6.26. The molecule has 6 nitrogen and oxygen atoms in total. The monoisotopic (exact) mass is 646 g/mol. The summed E-state index contributed by atoms with van der Waals surface area (Å²) < 4.78 is 24.5. The van der Waals surface area contributed by atoms with Gasteiger partial charge in [0.1, 0.15) is 41.2 Å². The number of allylic oxidation sites excluding steroid dienone is 1. The largest absolute Gasteiger partial charge is 0.478 e. The molecule has 5 aromatic carbocycles. The Balaban J connectivity index is 0.944. The van der Waals surface area contributed by atoms with Crippen molar-refractivity contribution < 1.29 is 18.9 Å². The third-order valence-corrected chi connectivity index (χ3v) is 9.62. The molecule has 1 unspecified atom stereocenters. The molecule has 0 spiro atoms. The minimum absolute atomic E-state index is 0.225. The Morgan fingerprint density at radius 3 is 2.12 bits per heavy atom. The van der Waals surface area contributed by atoms with Crippen molar-refractivity contribution >= 4 is 5.69 Å². The molecule has 0 radical (unpaired) electrons. The van der Waals surface area contributed by atoms with Crippen LogP contribution in [0.5, 0.6) is 28.7 Å². The Morgan fingerprint density at radius 2 is 1.43 bits per heavy atom. The molecule has 8 rings (SSSR count). The highest BCUT2D eigenvalue weighted by Gasteiger charge is 2.29. The zero-order valence-electron chi connectivity index (χ0n) is 27.8. The Kier molecular flexibility index (Phi) is 8.20. The third kappa shape index (κ3) is 6.59. The normalized spacial score (nSPS) is 17.1. The first kappa shape index (κ1) is 30.7. The van der Waals surface area contributed by atoms with Crippen LogP contribution in [0.15, 0.2) is 133 Å². The first-order valence-electron chi connectivity index (χ1n) is 16.8. The molecule has 0 fully saturated rings. The molecule has 0 saturated heterocycles. The molecule has 0 bridgehead atoms. The first-order valence-corrected chi connectivity index (χ1v) is 16.8. The van der Waals surface area contributed by atoms with Crippen LogP contribution in [-0.2, 0) is 18.5 Å². The molecule has 5 aromatic rings. The average Bonchev–Trinajstić information content (AvgIpc) is 3.15. The topological polar surface area (TPSA) is 43.4 Å². The van der Waals surface area contributed by atoms with Gasteiger partial charge in [-0.25, -0.2) is 0 Å². The van der Waals surface area contributed by atoms with Crippen LogP contribution in [0.3, 0.4) is 0 Å². The smallest absolute Gasteiger partial charge is 0.161 e. The van der Waals surface area contributed by atoms with Crippen LogP contribution < -0.4 is 23.8 Å². The summed E-state index contributed by atoms with van der Waals surface area (Å²) in [6.07, 6.45) is 7.34. The minimum Gasteiger partial charge on any atom is -0.478 e. The van der Waals surface area contributed by atoms with E-state index in [1.54, 1.807) is 12.1 Å². The molecule has 49 heavy (non-hydrogen) atoms. The van der Waals surface area contributed by atoms with Gasteiger partial charge in [-0.3, -0.25) is 4.90 Å². The predicted molar refractivity (Wildman–Crippen MR) is 191 cm³/mol. The highest BCUT2D eigenvalue weighted by Crippen LogP contribution is 2.39. The summed E-state index contributed by atoms with van der Waals surface area (Å²) >= 11 is 0. The van der Waals surface area contributed by atoms with E-state index in [9.17, 15) is 0 Å². The van der Waals surface area contributed by atoms with Crippen molar-refractivity contribution in [3.63, 3.8) is 0 Å². The SMILES string of the molecule is CC(C)(c1ccc2c(c1)CN(c1ccc(Oc3cc#ccc3)cc1)CO2)c1ccc2c(c1)CN(C1C=CC(Oc3ccccc3)=CC1)CO2. The van der Waals surface area contributed by atoms with Gasteiger partial charge in [0.2, 0.25) is 0 Å². The number of para-hydroxylation sites is 1. The molecule has 1 atom stereocenters. The van der Waals surface area contributed by atoms with Crippen molar-refractivity contribution in [2.75, 3.05) is 18.4 Å². The quantitative estimate of drug-likeness (QED) is 0.168. The van der Waals surface area contributed by atoms with E-state index in [1.165, 1.54) is 22.3 Å². The number of benzene rings is 4. The van der Waals surface area contributed by atoms with Gasteiger partial charge in [0.15, 0.2) is 6.73 Å². The maximum Gasteiger partial charge on any atom is 0.161 e. The van der Waals surface area contributed by atoms with Gasteiger partial charge in [-0.05, 0) is 102 Å². The van der Waals surface area contributed by atoms with Gasteiger partial charge >= 0.3 is 0 Å². The van der Waals surface area contributed by atoms with Crippen molar-refractivity contribution in [3.8, 4) is 28.7 Å². The lowest BCUT2D eigenvalue weighted by Gasteiger charge is -2.36. The van der Waals surface area contributed by atoms with Crippen LogP contribution in [0.25, 0.3) is 0 Å². The van der Waals surface area contributed by atoms with E-state index in [2.05, 4.69) is 103 Å². The predicted octanol–water partition coefficient (Wildman–Crippen LogP) is 9.20. The molecular formula is C43H38N2O4. The first-order chi connectivity index (χ1) is 24.0. The van der Waals surface area contributed by atoms with Gasteiger partial charge in [0, 0.05) is 47.4 Å². The van der Waals surface area contributed by atoms with Crippen molar-refractivity contribution in [2.45, 2.75) is 44.8 Å². The fraction of sp³-hybridized carbons (Fsp3) is 0.209.